The lowest BCUT2D eigenvalue weighted by Crippen LogP contribution is -2.27. The second kappa shape index (κ2) is 4.56. The third-order valence-electron chi connectivity index (χ3n) is 1.94. The van der Waals surface area contributed by atoms with Crippen LogP contribution in [0, 0.1) is 0 Å². The van der Waals surface area contributed by atoms with E-state index in [9.17, 15) is 18.0 Å². The first kappa shape index (κ1) is 13.8. The largest absolute Gasteiger partial charge is 0.480 e. The van der Waals surface area contributed by atoms with Gasteiger partial charge < -0.3 is 5.11 Å². The Morgan fingerprint density at radius 2 is 2.00 bits per heavy atom. The first-order valence-corrected chi connectivity index (χ1v) is 5.40. The molecule has 0 amide bonds. The Kier molecular flexibility index (Phi) is 3.71. The van der Waals surface area contributed by atoms with Crippen molar-refractivity contribution in [2.24, 2.45) is 0 Å². The fourth-order valence-electron chi connectivity index (χ4n) is 0.947. The Balaban J connectivity index is 2.98. The minimum atomic E-state index is -4.45. The number of hydrogen-bond donors (Lipinski definition) is 1. The molecule has 1 aromatic rings. The molecule has 7 heteroatoms. The van der Waals surface area contributed by atoms with Gasteiger partial charge in [-0.25, -0.2) is 4.98 Å². The van der Waals surface area contributed by atoms with E-state index in [1.807, 2.05) is 0 Å². The van der Waals surface area contributed by atoms with E-state index in [-0.39, 0.29) is 5.03 Å². The molecule has 0 aliphatic carbocycles. The summed E-state index contributed by atoms with van der Waals surface area (Å²) in [6.45, 7) is 2.81. The maximum Gasteiger partial charge on any atom is 0.416 e. The normalized spacial score (nSPS) is 12.5. The van der Waals surface area contributed by atoms with Crippen molar-refractivity contribution in [3.63, 3.8) is 0 Å². The molecule has 0 aliphatic heterocycles. The van der Waals surface area contributed by atoms with Gasteiger partial charge in [0.05, 0.1) is 10.6 Å². The molecule has 0 atom stereocenters. The Morgan fingerprint density at radius 3 is 2.47 bits per heavy atom. The lowest BCUT2D eigenvalue weighted by atomic mass is 10.2. The van der Waals surface area contributed by atoms with Gasteiger partial charge in [0.2, 0.25) is 0 Å². The average Bonchev–Trinajstić information content (AvgIpc) is 2.15. The van der Waals surface area contributed by atoms with E-state index in [0.717, 1.165) is 30.1 Å². The minimum absolute atomic E-state index is 0.0345. The zero-order chi connectivity index (χ0) is 13.3. The highest BCUT2D eigenvalue weighted by molar-refractivity contribution is 8.01. The van der Waals surface area contributed by atoms with Crippen LogP contribution in [0.1, 0.15) is 19.4 Å². The maximum absolute atomic E-state index is 12.4. The van der Waals surface area contributed by atoms with Gasteiger partial charge >= 0.3 is 12.1 Å². The summed E-state index contributed by atoms with van der Waals surface area (Å²) in [5.74, 6) is -1.11. The van der Waals surface area contributed by atoms with Crippen LogP contribution >= 0.6 is 11.8 Å². The summed E-state index contributed by atoms with van der Waals surface area (Å²) in [5, 5.41) is 8.90. The quantitative estimate of drug-likeness (QED) is 0.853. The predicted molar refractivity (Wildman–Crippen MR) is 56.8 cm³/mol. The summed E-state index contributed by atoms with van der Waals surface area (Å²) in [4.78, 5) is 14.6. The molecule has 0 saturated heterocycles. The Bertz CT molecular complexity index is 432. The number of halogens is 3. The van der Waals surface area contributed by atoms with Gasteiger partial charge in [0.25, 0.3) is 0 Å². The monoisotopic (exact) mass is 265 g/mol. The second-order valence-electron chi connectivity index (χ2n) is 3.80. The van der Waals surface area contributed by atoms with Crippen molar-refractivity contribution in [3.8, 4) is 0 Å². The minimum Gasteiger partial charge on any atom is -0.480 e. The number of nitrogens with zero attached hydrogens (tertiary/aromatic N) is 1. The number of rotatable bonds is 3. The third kappa shape index (κ3) is 3.62. The van der Waals surface area contributed by atoms with Crippen molar-refractivity contribution in [2.45, 2.75) is 29.8 Å². The van der Waals surface area contributed by atoms with Crippen LogP contribution in [-0.4, -0.2) is 20.8 Å². The van der Waals surface area contributed by atoms with Crippen LogP contribution in [0.4, 0.5) is 13.2 Å². The molecule has 94 valence electrons. The molecule has 0 spiro atoms. The summed E-state index contributed by atoms with van der Waals surface area (Å²) in [7, 11) is 0. The standard InChI is InChI=1S/C10H10F3NO2S/c1-9(2,8(15)16)17-7-5-6(3-4-14-7)10(11,12)13/h3-5H,1-2H3,(H,15,16). The zero-order valence-electron chi connectivity index (χ0n) is 9.08. The van der Waals surface area contributed by atoms with Crippen LogP contribution in [0.15, 0.2) is 23.4 Å². The van der Waals surface area contributed by atoms with Crippen LogP contribution in [0.25, 0.3) is 0 Å². The van der Waals surface area contributed by atoms with Gasteiger partial charge in [-0.3, -0.25) is 4.79 Å². The molecule has 0 bridgehead atoms. The lowest BCUT2D eigenvalue weighted by molar-refractivity contribution is -0.139. The van der Waals surface area contributed by atoms with Crippen molar-refractivity contribution in [3.05, 3.63) is 23.9 Å². The third-order valence-corrected chi connectivity index (χ3v) is 3.05. The van der Waals surface area contributed by atoms with Gasteiger partial charge in [-0.15, -0.1) is 0 Å². The van der Waals surface area contributed by atoms with Crippen molar-refractivity contribution < 1.29 is 23.1 Å². The number of carbonyl (C=O) groups is 1. The number of aromatic nitrogens is 1. The van der Waals surface area contributed by atoms with Crippen molar-refractivity contribution in [1.29, 1.82) is 0 Å². The topological polar surface area (TPSA) is 50.2 Å². The number of aliphatic carboxylic acids is 1. The number of carboxylic acid groups (broad SMARTS) is 1. The molecule has 3 nitrogen and oxygen atoms in total. The molecule has 0 aromatic carbocycles. The van der Waals surface area contributed by atoms with E-state index >= 15 is 0 Å². The predicted octanol–water partition coefficient (Wildman–Crippen LogP) is 3.06. The summed E-state index contributed by atoms with van der Waals surface area (Å²) in [6, 6.07) is 1.69. The summed E-state index contributed by atoms with van der Waals surface area (Å²) >= 11 is 0.774. The van der Waals surface area contributed by atoms with Crippen molar-refractivity contribution >= 4 is 17.7 Å². The van der Waals surface area contributed by atoms with Crippen LogP contribution in [0.3, 0.4) is 0 Å². The van der Waals surface area contributed by atoms with Gasteiger partial charge in [-0.1, -0.05) is 11.8 Å². The molecular weight excluding hydrogens is 255 g/mol. The Morgan fingerprint density at radius 1 is 1.41 bits per heavy atom. The highest BCUT2D eigenvalue weighted by Gasteiger charge is 2.33. The van der Waals surface area contributed by atoms with Crippen molar-refractivity contribution in [1.82, 2.24) is 4.98 Å². The molecule has 1 heterocycles. The van der Waals surface area contributed by atoms with Gasteiger partial charge in [-0.05, 0) is 26.0 Å². The van der Waals surface area contributed by atoms with E-state index in [0.29, 0.717) is 0 Å². The van der Waals surface area contributed by atoms with E-state index < -0.39 is 22.5 Å². The number of pyridine rings is 1. The van der Waals surface area contributed by atoms with Gasteiger partial charge in [0.1, 0.15) is 4.75 Å². The smallest absolute Gasteiger partial charge is 0.416 e. The maximum atomic E-state index is 12.4. The molecule has 17 heavy (non-hydrogen) atoms. The zero-order valence-corrected chi connectivity index (χ0v) is 9.89. The van der Waals surface area contributed by atoms with Crippen LogP contribution in [0.2, 0.25) is 0 Å². The lowest BCUT2D eigenvalue weighted by Gasteiger charge is -2.18. The number of carboxylic acids is 1. The molecule has 1 rings (SSSR count). The highest BCUT2D eigenvalue weighted by atomic mass is 32.2. The Hall–Kier alpha value is -1.24. The van der Waals surface area contributed by atoms with Crippen LogP contribution in [-0.2, 0) is 11.0 Å². The van der Waals surface area contributed by atoms with E-state index in [2.05, 4.69) is 4.98 Å². The van der Waals surface area contributed by atoms with Gasteiger partial charge in [0, 0.05) is 6.20 Å². The number of alkyl halides is 3. The molecule has 1 N–H and O–H groups in total. The van der Waals surface area contributed by atoms with Crippen molar-refractivity contribution in [2.75, 3.05) is 0 Å². The molecule has 0 radical (unpaired) electrons. The van der Waals surface area contributed by atoms with Gasteiger partial charge in [-0.2, -0.15) is 13.2 Å². The summed E-state index contributed by atoms with van der Waals surface area (Å²) in [5.41, 5.74) is -0.837. The van der Waals surface area contributed by atoms with Crippen LogP contribution < -0.4 is 0 Å². The molecule has 0 fully saturated rings. The molecule has 1 aromatic heterocycles. The highest BCUT2D eigenvalue weighted by Crippen LogP contribution is 2.35. The fraction of sp³-hybridized carbons (Fsp3) is 0.400. The SMILES string of the molecule is CC(C)(Sc1cc(C(F)(F)F)ccn1)C(=O)O. The van der Waals surface area contributed by atoms with E-state index in [1.54, 1.807) is 0 Å². The Labute approximate surface area is 100 Å². The van der Waals surface area contributed by atoms with Gasteiger partial charge in [0.15, 0.2) is 0 Å². The number of thioether (sulfide) groups is 1. The van der Waals surface area contributed by atoms with Crippen LogP contribution in [0.5, 0.6) is 0 Å². The van der Waals surface area contributed by atoms with E-state index in [1.165, 1.54) is 13.8 Å². The molecule has 0 saturated carbocycles. The first-order valence-electron chi connectivity index (χ1n) is 4.58. The summed E-state index contributed by atoms with van der Waals surface area (Å²) < 4.78 is 36.0. The fourth-order valence-corrected chi connectivity index (χ4v) is 1.86. The first-order chi connectivity index (χ1) is 7.63. The average molecular weight is 265 g/mol. The second-order valence-corrected chi connectivity index (χ2v) is 5.44. The number of hydrogen-bond acceptors (Lipinski definition) is 3. The molecule has 0 unspecified atom stereocenters. The summed E-state index contributed by atoms with van der Waals surface area (Å²) in [6.07, 6.45) is -3.44. The molecule has 0 aliphatic rings. The molecular formula is C10H10F3NO2S. The van der Waals surface area contributed by atoms with E-state index in [4.69, 9.17) is 5.11 Å².